The van der Waals surface area contributed by atoms with Crippen LogP contribution in [0.3, 0.4) is 0 Å². The summed E-state index contributed by atoms with van der Waals surface area (Å²) in [6, 6.07) is 7.60. The van der Waals surface area contributed by atoms with E-state index in [1.807, 2.05) is 37.7 Å². The average Bonchev–Trinajstić information content (AvgIpc) is 3.35. The zero-order valence-electron chi connectivity index (χ0n) is 15.2. The number of carbonyl (C=O) groups excluding carboxylic acids is 2. The fourth-order valence-corrected chi connectivity index (χ4v) is 4.92. The molecule has 1 fully saturated rings. The van der Waals surface area contributed by atoms with Gasteiger partial charge in [-0.05, 0) is 56.3 Å². The van der Waals surface area contributed by atoms with E-state index >= 15 is 0 Å². The van der Waals surface area contributed by atoms with E-state index < -0.39 is 0 Å². The lowest BCUT2D eigenvalue weighted by Crippen LogP contribution is -2.52. The van der Waals surface area contributed by atoms with E-state index in [1.54, 1.807) is 16.2 Å². The third-order valence-corrected chi connectivity index (χ3v) is 6.59. The van der Waals surface area contributed by atoms with Crippen molar-refractivity contribution in [2.45, 2.75) is 31.3 Å². The first kappa shape index (κ1) is 19.1. The molecule has 0 saturated carbocycles. The molecule has 1 N–H and O–H groups in total. The maximum atomic E-state index is 12.9. The van der Waals surface area contributed by atoms with Crippen molar-refractivity contribution in [3.8, 4) is 0 Å². The fraction of sp³-hybridized carbons (Fsp3) is 0.474. The molecule has 140 valence electrons. The molecule has 1 aliphatic heterocycles. The minimum atomic E-state index is -0.371. The van der Waals surface area contributed by atoms with E-state index in [1.165, 1.54) is 16.2 Å². The molecule has 26 heavy (non-hydrogen) atoms. The summed E-state index contributed by atoms with van der Waals surface area (Å²) in [7, 11) is 4.04. The van der Waals surface area contributed by atoms with Crippen molar-refractivity contribution in [1.29, 1.82) is 0 Å². The number of amides is 2. The van der Waals surface area contributed by atoms with Crippen LogP contribution in [-0.2, 0) is 4.79 Å². The van der Waals surface area contributed by atoms with Gasteiger partial charge in [0, 0.05) is 18.0 Å². The number of nitrogens with one attached hydrogen (secondary N) is 1. The van der Waals surface area contributed by atoms with Gasteiger partial charge < -0.3 is 15.1 Å². The number of piperidine rings is 1. The number of rotatable bonds is 6. The Morgan fingerprint density at radius 3 is 2.65 bits per heavy atom. The predicted molar refractivity (Wildman–Crippen MR) is 107 cm³/mol. The first-order chi connectivity index (χ1) is 12.6. The number of carbonyl (C=O) groups is 2. The van der Waals surface area contributed by atoms with Crippen LogP contribution < -0.4 is 5.32 Å². The molecule has 3 heterocycles. The summed E-state index contributed by atoms with van der Waals surface area (Å²) in [4.78, 5) is 31.4. The maximum Gasteiger partial charge on any atom is 0.264 e. The van der Waals surface area contributed by atoms with Gasteiger partial charge >= 0.3 is 0 Å². The first-order valence-corrected chi connectivity index (χ1v) is 10.7. The summed E-state index contributed by atoms with van der Waals surface area (Å²) in [5.74, 6) is -0.0692. The lowest BCUT2D eigenvalue weighted by molar-refractivity contribution is -0.126. The minimum Gasteiger partial charge on any atom is -0.352 e. The van der Waals surface area contributed by atoms with Gasteiger partial charge in [-0.25, -0.2) is 0 Å². The Morgan fingerprint density at radius 2 is 2.00 bits per heavy atom. The van der Waals surface area contributed by atoms with E-state index in [0.717, 1.165) is 19.3 Å². The number of thiophene rings is 2. The van der Waals surface area contributed by atoms with Gasteiger partial charge in [-0.2, -0.15) is 0 Å². The van der Waals surface area contributed by atoms with Crippen LogP contribution in [0.1, 0.15) is 39.9 Å². The van der Waals surface area contributed by atoms with Crippen molar-refractivity contribution < 1.29 is 9.59 Å². The number of likely N-dealkylation sites (tertiary alicyclic amines) is 1. The van der Waals surface area contributed by atoms with Gasteiger partial charge in [-0.1, -0.05) is 12.1 Å². The molecule has 0 radical (unpaired) electrons. The van der Waals surface area contributed by atoms with Crippen molar-refractivity contribution in [2.24, 2.45) is 0 Å². The molecule has 2 unspecified atom stereocenters. The Hall–Kier alpha value is -1.70. The Kier molecular flexibility index (Phi) is 6.45. The molecule has 0 spiro atoms. The van der Waals surface area contributed by atoms with Gasteiger partial charge in [0.15, 0.2) is 0 Å². The van der Waals surface area contributed by atoms with Gasteiger partial charge in [0.25, 0.3) is 5.91 Å². The minimum absolute atomic E-state index is 0.0257. The molecule has 3 rings (SSSR count). The molecule has 7 heteroatoms. The maximum absolute atomic E-state index is 12.9. The number of likely N-dealkylation sites (N-methyl/N-ethyl adjacent to an activating group) is 1. The highest BCUT2D eigenvalue weighted by Gasteiger charge is 2.33. The monoisotopic (exact) mass is 391 g/mol. The normalized spacial score (nSPS) is 18.7. The molecule has 1 saturated heterocycles. The Morgan fingerprint density at radius 1 is 1.23 bits per heavy atom. The molecule has 5 nitrogen and oxygen atoms in total. The van der Waals surface area contributed by atoms with Gasteiger partial charge in [0.2, 0.25) is 5.91 Å². The molecule has 0 bridgehead atoms. The van der Waals surface area contributed by atoms with Gasteiger partial charge in [-0.15, -0.1) is 22.7 Å². The molecular weight excluding hydrogens is 366 g/mol. The highest BCUT2D eigenvalue weighted by atomic mass is 32.1. The first-order valence-electron chi connectivity index (χ1n) is 8.90. The highest BCUT2D eigenvalue weighted by molar-refractivity contribution is 7.12. The van der Waals surface area contributed by atoms with Crippen LogP contribution in [0.15, 0.2) is 35.0 Å². The molecule has 2 atom stereocenters. The van der Waals surface area contributed by atoms with E-state index in [9.17, 15) is 9.59 Å². The van der Waals surface area contributed by atoms with Crippen LogP contribution in [-0.4, -0.2) is 54.8 Å². The average molecular weight is 392 g/mol. The third-order valence-electron chi connectivity index (χ3n) is 4.76. The summed E-state index contributed by atoms with van der Waals surface area (Å²) in [6.45, 7) is 1.20. The molecule has 0 aromatic carbocycles. The van der Waals surface area contributed by atoms with Crippen LogP contribution in [0, 0.1) is 0 Å². The van der Waals surface area contributed by atoms with Crippen LogP contribution in [0.2, 0.25) is 0 Å². The van der Waals surface area contributed by atoms with Crippen LogP contribution >= 0.6 is 22.7 Å². The Labute approximate surface area is 162 Å². The van der Waals surface area contributed by atoms with Crippen molar-refractivity contribution in [3.63, 3.8) is 0 Å². The zero-order chi connectivity index (χ0) is 18.5. The largest absolute Gasteiger partial charge is 0.352 e. The fourth-order valence-electron chi connectivity index (χ4n) is 3.32. The summed E-state index contributed by atoms with van der Waals surface area (Å²) >= 11 is 3.12. The number of hydrogen-bond acceptors (Lipinski definition) is 5. The van der Waals surface area contributed by atoms with Crippen LogP contribution in [0.5, 0.6) is 0 Å². The van der Waals surface area contributed by atoms with Crippen LogP contribution in [0.25, 0.3) is 0 Å². The predicted octanol–water partition coefficient (Wildman–Crippen LogP) is 3.22. The SMILES string of the molecule is CN(C)C(CNC(=O)C1CCCCN1C(=O)c1cccs1)c1cccs1. The van der Waals surface area contributed by atoms with Crippen molar-refractivity contribution >= 4 is 34.5 Å². The molecule has 1 aliphatic rings. The zero-order valence-corrected chi connectivity index (χ0v) is 16.8. The smallest absolute Gasteiger partial charge is 0.264 e. The second-order valence-corrected chi connectivity index (χ2v) is 8.65. The van der Waals surface area contributed by atoms with E-state index in [4.69, 9.17) is 0 Å². The van der Waals surface area contributed by atoms with E-state index in [-0.39, 0.29) is 23.9 Å². The van der Waals surface area contributed by atoms with Gasteiger partial charge in [-0.3, -0.25) is 9.59 Å². The van der Waals surface area contributed by atoms with Gasteiger partial charge in [0.05, 0.1) is 10.9 Å². The quantitative estimate of drug-likeness (QED) is 0.823. The number of hydrogen-bond donors (Lipinski definition) is 1. The topological polar surface area (TPSA) is 52.7 Å². The van der Waals surface area contributed by atoms with Gasteiger partial charge in [0.1, 0.15) is 6.04 Å². The van der Waals surface area contributed by atoms with Crippen molar-refractivity contribution in [2.75, 3.05) is 27.2 Å². The second kappa shape index (κ2) is 8.79. The third kappa shape index (κ3) is 4.34. The summed E-state index contributed by atoms with van der Waals surface area (Å²) < 4.78 is 0. The molecule has 2 aromatic rings. The highest BCUT2D eigenvalue weighted by Crippen LogP contribution is 2.24. The Balaban J connectivity index is 1.66. The van der Waals surface area contributed by atoms with Crippen molar-refractivity contribution in [3.05, 3.63) is 44.8 Å². The lowest BCUT2D eigenvalue weighted by Gasteiger charge is -2.35. The standard InChI is InChI=1S/C19H25N3O2S2/c1-21(2)15(16-8-5-11-25-16)13-20-18(23)14-7-3-4-10-22(14)19(24)17-9-6-12-26-17/h5-6,8-9,11-12,14-15H,3-4,7,10,13H2,1-2H3,(H,20,23). The number of nitrogens with zero attached hydrogens (tertiary/aromatic N) is 2. The van der Waals surface area contributed by atoms with E-state index in [2.05, 4.69) is 21.7 Å². The summed E-state index contributed by atoms with van der Waals surface area (Å²) in [5.41, 5.74) is 0. The molecule has 2 amide bonds. The Bertz CT molecular complexity index is 713. The molecular formula is C19H25N3O2S2. The lowest BCUT2D eigenvalue weighted by atomic mass is 10.0. The molecule has 0 aliphatic carbocycles. The summed E-state index contributed by atoms with van der Waals surface area (Å²) in [6.07, 6.45) is 2.67. The summed E-state index contributed by atoms with van der Waals surface area (Å²) in [5, 5.41) is 7.04. The van der Waals surface area contributed by atoms with Crippen LogP contribution in [0.4, 0.5) is 0 Å². The van der Waals surface area contributed by atoms with E-state index in [0.29, 0.717) is 18.0 Å². The second-order valence-electron chi connectivity index (χ2n) is 6.73. The van der Waals surface area contributed by atoms with Crippen molar-refractivity contribution in [1.82, 2.24) is 15.1 Å². The molecule has 2 aromatic heterocycles.